The first kappa shape index (κ1) is 15.2. The van der Waals surface area contributed by atoms with E-state index in [0.717, 1.165) is 10.9 Å². The smallest absolute Gasteiger partial charge is 0.320 e. The second-order valence-corrected chi connectivity index (χ2v) is 3.31. The van der Waals surface area contributed by atoms with Crippen LogP contribution in [-0.2, 0) is 0 Å². The van der Waals surface area contributed by atoms with Crippen LogP contribution < -0.4 is 14.2 Å². The van der Waals surface area contributed by atoms with Gasteiger partial charge in [0.25, 0.3) is 5.09 Å². The van der Waals surface area contributed by atoms with Crippen molar-refractivity contribution in [1.29, 1.82) is 0 Å². The summed E-state index contributed by atoms with van der Waals surface area (Å²) in [6.07, 6.45) is 0. The Morgan fingerprint density at radius 1 is 1.15 bits per heavy atom. The number of hydrogen-bond acceptors (Lipinski definition) is 7. The fourth-order valence-electron chi connectivity index (χ4n) is 1.51. The molecule has 2 rings (SSSR count). The summed E-state index contributed by atoms with van der Waals surface area (Å²) >= 11 is 0. The Morgan fingerprint density at radius 3 is 2.30 bits per heavy atom. The van der Waals surface area contributed by atoms with Crippen molar-refractivity contribution in [3.05, 3.63) is 28.3 Å². The van der Waals surface area contributed by atoms with Crippen molar-refractivity contribution in [2.45, 2.75) is 0 Å². The number of fused-ring (bicyclic) bond motifs is 1. The molecule has 2 aromatic rings. The van der Waals surface area contributed by atoms with Crippen LogP contribution in [0.5, 0.6) is 17.6 Å². The Bertz CT molecular complexity index is 600. The van der Waals surface area contributed by atoms with Gasteiger partial charge in [-0.05, 0) is 12.1 Å². The molecule has 0 saturated heterocycles. The Morgan fingerprint density at radius 2 is 1.80 bits per heavy atom. The van der Waals surface area contributed by atoms with E-state index < -0.39 is 5.09 Å². The van der Waals surface area contributed by atoms with E-state index in [2.05, 4.69) is 9.97 Å². The van der Waals surface area contributed by atoms with Crippen molar-refractivity contribution < 1.29 is 24.5 Å². The van der Waals surface area contributed by atoms with Gasteiger partial charge in [0, 0.05) is 0 Å². The summed E-state index contributed by atoms with van der Waals surface area (Å²) in [7, 11) is 4.66. The topological polar surface area (TPSA) is 117 Å². The maximum atomic E-state index is 8.36. The van der Waals surface area contributed by atoms with Gasteiger partial charge in [0.2, 0.25) is 5.88 Å². The van der Waals surface area contributed by atoms with E-state index in [1.807, 2.05) is 18.2 Å². The van der Waals surface area contributed by atoms with Gasteiger partial charge >= 0.3 is 6.01 Å². The molecule has 0 amide bonds. The minimum atomic E-state index is -1.50. The van der Waals surface area contributed by atoms with Gasteiger partial charge in [0.15, 0.2) is 0 Å². The molecule has 1 aromatic carbocycles. The van der Waals surface area contributed by atoms with Crippen molar-refractivity contribution >= 4 is 10.9 Å². The predicted octanol–water partition coefficient (Wildman–Crippen LogP) is 1.31. The van der Waals surface area contributed by atoms with Gasteiger partial charge in [0.05, 0.1) is 26.8 Å². The molecule has 20 heavy (non-hydrogen) atoms. The molecule has 108 valence electrons. The SMILES string of the molecule is COc1nc(OC)c2c(OC)cccc2n1.O=[N+]([O-])O. The van der Waals surface area contributed by atoms with Gasteiger partial charge in [-0.3, -0.25) is 0 Å². The molecule has 0 saturated carbocycles. The molecule has 9 nitrogen and oxygen atoms in total. The van der Waals surface area contributed by atoms with Gasteiger partial charge in [-0.25, -0.2) is 0 Å². The molecule has 0 radical (unpaired) electrons. The molecular weight excluding hydrogens is 270 g/mol. The Balaban J connectivity index is 0.000000444. The first-order valence-corrected chi connectivity index (χ1v) is 5.29. The summed E-state index contributed by atoms with van der Waals surface area (Å²) in [5.41, 5.74) is 0.725. The highest BCUT2D eigenvalue weighted by Crippen LogP contribution is 2.32. The summed E-state index contributed by atoms with van der Waals surface area (Å²) < 4.78 is 15.4. The van der Waals surface area contributed by atoms with E-state index in [9.17, 15) is 0 Å². The molecule has 0 aliphatic carbocycles. The number of nitrogens with zero attached hydrogens (tertiary/aromatic N) is 3. The highest BCUT2D eigenvalue weighted by molar-refractivity contribution is 5.89. The third-order valence-electron chi connectivity index (χ3n) is 2.23. The van der Waals surface area contributed by atoms with Crippen LogP contribution in [-0.4, -0.2) is 41.6 Å². The molecule has 1 heterocycles. The standard InChI is InChI=1S/C11H12N2O3.HNO3/c1-14-8-6-4-5-7-9(8)10(15-2)13-11(12-7)16-3;2-1(3)4/h4-6H,1-3H3;(H,2,3,4). The minimum absolute atomic E-state index is 0.276. The minimum Gasteiger partial charge on any atom is -0.496 e. The van der Waals surface area contributed by atoms with Crippen LogP contribution >= 0.6 is 0 Å². The monoisotopic (exact) mass is 283 g/mol. The highest BCUT2D eigenvalue weighted by Gasteiger charge is 2.12. The number of aromatic nitrogens is 2. The van der Waals surface area contributed by atoms with Crippen molar-refractivity contribution in [2.24, 2.45) is 0 Å². The number of benzene rings is 1. The third kappa shape index (κ3) is 3.57. The zero-order chi connectivity index (χ0) is 15.1. The maximum absolute atomic E-state index is 8.36. The number of ether oxygens (including phenoxy) is 3. The lowest BCUT2D eigenvalue weighted by Gasteiger charge is -2.09. The lowest BCUT2D eigenvalue weighted by Crippen LogP contribution is -1.98. The van der Waals surface area contributed by atoms with E-state index in [1.54, 1.807) is 14.2 Å². The molecular formula is C11H13N3O6. The van der Waals surface area contributed by atoms with Crippen LogP contribution in [0, 0.1) is 10.1 Å². The summed E-state index contributed by atoms with van der Waals surface area (Å²) in [6.45, 7) is 0. The summed E-state index contributed by atoms with van der Waals surface area (Å²) in [5.74, 6) is 1.12. The van der Waals surface area contributed by atoms with Crippen LogP contribution in [0.1, 0.15) is 0 Å². The molecule has 0 aliphatic heterocycles. The Hall–Kier alpha value is -2.84. The lowest BCUT2D eigenvalue weighted by molar-refractivity contribution is -0.742. The number of hydrogen-bond donors (Lipinski definition) is 1. The van der Waals surface area contributed by atoms with Crippen molar-refractivity contribution in [1.82, 2.24) is 9.97 Å². The summed E-state index contributed by atoms with van der Waals surface area (Å²) in [5, 5.41) is 14.4. The van der Waals surface area contributed by atoms with E-state index >= 15 is 0 Å². The maximum Gasteiger partial charge on any atom is 0.320 e. The Labute approximate surface area is 113 Å². The van der Waals surface area contributed by atoms with Crippen LogP contribution in [0.2, 0.25) is 0 Å². The quantitative estimate of drug-likeness (QED) is 0.661. The second kappa shape index (κ2) is 6.92. The van der Waals surface area contributed by atoms with Crippen LogP contribution in [0.3, 0.4) is 0 Å². The van der Waals surface area contributed by atoms with Gasteiger partial charge in [-0.15, -0.1) is 10.1 Å². The molecule has 0 atom stereocenters. The summed E-state index contributed by atoms with van der Waals surface area (Å²) in [6, 6.07) is 5.82. The first-order valence-electron chi connectivity index (χ1n) is 5.29. The van der Waals surface area contributed by atoms with E-state index in [0.29, 0.717) is 11.6 Å². The zero-order valence-corrected chi connectivity index (χ0v) is 11.1. The van der Waals surface area contributed by atoms with Crippen molar-refractivity contribution in [3.63, 3.8) is 0 Å². The molecule has 9 heteroatoms. The lowest BCUT2D eigenvalue weighted by atomic mass is 10.2. The largest absolute Gasteiger partial charge is 0.496 e. The average molecular weight is 283 g/mol. The summed E-state index contributed by atoms with van der Waals surface area (Å²) in [4.78, 5) is 16.7. The van der Waals surface area contributed by atoms with Crippen LogP contribution in [0.4, 0.5) is 0 Å². The Kier molecular flexibility index (Phi) is 5.27. The molecule has 1 N–H and O–H groups in total. The first-order chi connectivity index (χ1) is 9.53. The van der Waals surface area contributed by atoms with Gasteiger partial charge < -0.3 is 19.4 Å². The van der Waals surface area contributed by atoms with Crippen LogP contribution in [0.15, 0.2) is 18.2 Å². The highest BCUT2D eigenvalue weighted by atomic mass is 16.9. The van der Waals surface area contributed by atoms with Crippen LogP contribution in [0.25, 0.3) is 10.9 Å². The average Bonchev–Trinajstić information content (AvgIpc) is 2.44. The van der Waals surface area contributed by atoms with Gasteiger partial charge in [0.1, 0.15) is 11.1 Å². The molecule has 0 aliphatic rings. The normalized spacial score (nSPS) is 9.35. The molecule has 0 bridgehead atoms. The fourth-order valence-corrected chi connectivity index (χ4v) is 1.51. The molecule has 0 unspecified atom stereocenters. The van der Waals surface area contributed by atoms with E-state index in [1.165, 1.54) is 7.11 Å². The fraction of sp³-hybridized carbons (Fsp3) is 0.273. The van der Waals surface area contributed by atoms with Crippen molar-refractivity contribution in [2.75, 3.05) is 21.3 Å². The molecule has 0 fully saturated rings. The second-order valence-electron chi connectivity index (χ2n) is 3.31. The predicted molar refractivity (Wildman–Crippen MR) is 68.0 cm³/mol. The van der Waals surface area contributed by atoms with Gasteiger partial charge in [-0.1, -0.05) is 6.07 Å². The molecule has 1 aromatic heterocycles. The number of methoxy groups -OCH3 is 3. The van der Waals surface area contributed by atoms with Gasteiger partial charge in [-0.2, -0.15) is 9.97 Å². The zero-order valence-electron chi connectivity index (χ0n) is 11.1. The van der Waals surface area contributed by atoms with E-state index in [-0.39, 0.29) is 6.01 Å². The third-order valence-corrected chi connectivity index (χ3v) is 2.23. The van der Waals surface area contributed by atoms with Crippen molar-refractivity contribution in [3.8, 4) is 17.6 Å². The molecule has 0 spiro atoms. The number of rotatable bonds is 3. The van der Waals surface area contributed by atoms with E-state index in [4.69, 9.17) is 29.5 Å².